The first-order chi connectivity index (χ1) is 19.5. The van der Waals surface area contributed by atoms with E-state index in [-0.39, 0.29) is 23.1 Å². The van der Waals surface area contributed by atoms with Crippen molar-refractivity contribution in [1.29, 1.82) is 0 Å². The van der Waals surface area contributed by atoms with Crippen LogP contribution in [0.15, 0.2) is 24.3 Å². The second-order valence-corrected chi connectivity index (χ2v) is 10.9. The van der Waals surface area contributed by atoms with E-state index in [1.165, 1.54) is 67.0 Å². The van der Waals surface area contributed by atoms with E-state index in [1.807, 2.05) is 0 Å². The number of nitrogens with zero attached hydrogens (tertiary/aromatic N) is 2. The quantitative estimate of drug-likeness (QED) is 0.270. The summed E-state index contributed by atoms with van der Waals surface area (Å²) in [5.74, 6) is 0. The molecule has 0 fully saturated rings. The van der Waals surface area contributed by atoms with Gasteiger partial charge in [0.25, 0.3) is 0 Å². The number of aromatic nitrogens is 4. The molecule has 2 N–H and O–H groups in total. The zero-order valence-corrected chi connectivity index (χ0v) is 28.0. The Morgan fingerprint density at radius 3 is 1.51 bits per heavy atom. The molecule has 2 aliphatic heterocycles. The molecule has 3 aromatic heterocycles. The zero-order valence-electron chi connectivity index (χ0n) is 26.6. The normalized spacial score (nSPS) is 13.3. The minimum atomic E-state index is 0. The average Bonchev–Trinajstić information content (AvgIpc) is 3.73. The summed E-state index contributed by atoms with van der Waals surface area (Å²) < 4.78 is 0. The first kappa shape index (κ1) is 31.3. The van der Waals surface area contributed by atoms with E-state index in [1.54, 1.807) is 0 Å². The van der Waals surface area contributed by atoms with Crippen molar-refractivity contribution in [3.8, 4) is 0 Å². The molecule has 3 aromatic rings. The number of hydrogen-bond acceptors (Lipinski definition) is 2. The minimum absolute atomic E-state index is 0. The van der Waals surface area contributed by atoms with Crippen LogP contribution in [0.2, 0.25) is 0 Å². The van der Waals surface area contributed by atoms with Gasteiger partial charge in [-0.25, -0.2) is 9.97 Å². The number of aromatic amines is 2. The van der Waals surface area contributed by atoms with Crippen LogP contribution in [0, 0.1) is 0 Å². The SMILES string of the molecule is CCC1=C(CC)c2nc1cc1ccc(cc3[nH]c(c(CC)c4nc(c2CC)C(CC)=C4CC)c(CC)c3CC)[nH]1.[Mg+2]. The molecule has 5 rings (SSSR count). The number of allylic oxidation sites excluding steroid dienone is 4. The van der Waals surface area contributed by atoms with Gasteiger partial charge in [0.05, 0.1) is 22.8 Å². The number of hydrogen-bond donors (Lipinski definition) is 2. The summed E-state index contributed by atoms with van der Waals surface area (Å²) in [5.41, 5.74) is 20.3. The molecule has 4 nitrogen and oxygen atoms in total. The molecule has 0 unspecified atom stereocenters. The monoisotopic (exact) mass is 558 g/mol. The summed E-state index contributed by atoms with van der Waals surface area (Å²) >= 11 is 0. The first-order valence-corrected chi connectivity index (χ1v) is 15.7. The predicted octanol–water partition coefficient (Wildman–Crippen LogP) is 9.65. The van der Waals surface area contributed by atoms with Gasteiger partial charge in [-0.1, -0.05) is 55.4 Å². The van der Waals surface area contributed by atoms with Crippen molar-refractivity contribution >= 4 is 67.4 Å². The van der Waals surface area contributed by atoms with Crippen molar-refractivity contribution < 1.29 is 0 Å². The summed E-state index contributed by atoms with van der Waals surface area (Å²) in [6, 6.07) is 8.89. The van der Waals surface area contributed by atoms with Crippen LogP contribution in [0.5, 0.6) is 0 Å². The Labute approximate surface area is 262 Å². The molecule has 0 spiro atoms. The van der Waals surface area contributed by atoms with Crippen LogP contribution in [-0.4, -0.2) is 43.0 Å². The molecule has 0 saturated carbocycles. The fourth-order valence-corrected chi connectivity index (χ4v) is 7.07. The Bertz CT molecular complexity index is 1680. The number of H-pyrrole nitrogens is 2. The molecule has 0 aliphatic carbocycles. The van der Waals surface area contributed by atoms with E-state index in [9.17, 15) is 0 Å². The maximum Gasteiger partial charge on any atom is 2.00 e. The Balaban J connectivity index is 0.00000387. The van der Waals surface area contributed by atoms with Crippen molar-refractivity contribution in [3.05, 3.63) is 69.3 Å². The molecule has 2 aliphatic rings. The van der Waals surface area contributed by atoms with Crippen molar-refractivity contribution in [1.82, 2.24) is 19.9 Å². The molecule has 0 radical (unpaired) electrons. The van der Waals surface area contributed by atoms with Gasteiger partial charge in [0, 0.05) is 33.2 Å². The van der Waals surface area contributed by atoms with Crippen LogP contribution in [0.3, 0.4) is 0 Å². The summed E-state index contributed by atoms with van der Waals surface area (Å²) in [5, 5.41) is 0. The van der Waals surface area contributed by atoms with E-state index in [0.29, 0.717) is 0 Å². The third kappa shape index (κ3) is 5.25. The van der Waals surface area contributed by atoms with Crippen molar-refractivity contribution in [2.45, 2.75) is 107 Å². The third-order valence-electron chi connectivity index (χ3n) is 8.91. The molecule has 0 saturated heterocycles. The van der Waals surface area contributed by atoms with Crippen LogP contribution in [-0.2, 0) is 25.7 Å². The molecule has 5 heterocycles. The Morgan fingerprint density at radius 1 is 0.488 bits per heavy atom. The van der Waals surface area contributed by atoms with E-state index in [4.69, 9.17) is 9.97 Å². The first-order valence-electron chi connectivity index (χ1n) is 15.7. The molecule has 41 heavy (non-hydrogen) atoms. The summed E-state index contributed by atoms with van der Waals surface area (Å²) in [4.78, 5) is 18.5. The summed E-state index contributed by atoms with van der Waals surface area (Å²) in [6.45, 7) is 18.2. The van der Waals surface area contributed by atoms with Crippen molar-refractivity contribution in [2.75, 3.05) is 0 Å². The van der Waals surface area contributed by atoms with E-state index >= 15 is 0 Å². The van der Waals surface area contributed by atoms with Gasteiger partial charge in [0.1, 0.15) is 0 Å². The number of aryl methyl sites for hydroxylation is 3. The van der Waals surface area contributed by atoms with Crippen LogP contribution in [0.4, 0.5) is 0 Å². The van der Waals surface area contributed by atoms with E-state index in [0.717, 1.165) is 73.8 Å². The molecule has 5 heteroatoms. The van der Waals surface area contributed by atoms with Crippen LogP contribution in [0.25, 0.3) is 44.4 Å². The maximum absolute atomic E-state index is 5.57. The molecule has 0 amide bonds. The largest absolute Gasteiger partial charge is 2.00 e. The molecule has 0 atom stereocenters. The summed E-state index contributed by atoms with van der Waals surface area (Å²) in [6.07, 6.45) is 7.74. The molecule has 0 aromatic carbocycles. The Kier molecular flexibility index (Phi) is 10.0. The van der Waals surface area contributed by atoms with Crippen LogP contribution < -0.4 is 0 Å². The minimum Gasteiger partial charge on any atom is -0.355 e. The van der Waals surface area contributed by atoms with Gasteiger partial charge >= 0.3 is 23.1 Å². The molecule has 8 bridgehead atoms. The summed E-state index contributed by atoms with van der Waals surface area (Å²) in [7, 11) is 0. The molecular formula is C36H46MgN4+2. The predicted molar refractivity (Wildman–Crippen MR) is 179 cm³/mol. The zero-order chi connectivity index (χ0) is 28.6. The van der Waals surface area contributed by atoms with Gasteiger partial charge in [0.15, 0.2) is 0 Å². The topological polar surface area (TPSA) is 57.4 Å². The maximum atomic E-state index is 5.57. The fraction of sp³-hybridized carbons (Fsp3) is 0.444. The fourth-order valence-electron chi connectivity index (χ4n) is 7.07. The van der Waals surface area contributed by atoms with Crippen LogP contribution in [0.1, 0.15) is 126 Å². The van der Waals surface area contributed by atoms with Gasteiger partial charge in [-0.15, -0.1) is 0 Å². The Morgan fingerprint density at radius 2 is 0.976 bits per heavy atom. The molecular weight excluding hydrogens is 513 g/mol. The van der Waals surface area contributed by atoms with Gasteiger partial charge in [0.2, 0.25) is 0 Å². The number of rotatable bonds is 8. The van der Waals surface area contributed by atoms with Gasteiger partial charge in [-0.2, -0.15) is 0 Å². The Hall–Kier alpha value is -2.63. The smallest absolute Gasteiger partial charge is 0.355 e. The van der Waals surface area contributed by atoms with Crippen molar-refractivity contribution in [2.24, 2.45) is 0 Å². The average molecular weight is 559 g/mol. The number of nitrogens with one attached hydrogen (secondary N) is 2. The van der Waals surface area contributed by atoms with Crippen molar-refractivity contribution in [3.63, 3.8) is 0 Å². The number of fused-ring (bicyclic) bond motifs is 8. The molecule has 210 valence electrons. The standard InChI is InChI=1S/C36H46N4.Mg/c1-9-23-25(11-3)33-29(15-7)35-27(13-5)28(14-6)36(40-35)30(16-8)34-26(12-4)24(10-2)32(39-34)20-22-18-17-21(37-22)19-31(23)38-33;/h17-20,37-38H,9-16H2,1-8H3;/q;+2. The van der Waals surface area contributed by atoms with E-state index < -0.39 is 0 Å². The van der Waals surface area contributed by atoms with Gasteiger partial charge in [-0.05, 0) is 109 Å². The van der Waals surface area contributed by atoms with Crippen LogP contribution >= 0.6 is 0 Å². The van der Waals surface area contributed by atoms with Gasteiger partial charge < -0.3 is 9.97 Å². The second kappa shape index (κ2) is 13.1. The second-order valence-electron chi connectivity index (χ2n) is 10.9. The van der Waals surface area contributed by atoms with E-state index in [2.05, 4.69) is 89.6 Å². The van der Waals surface area contributed by atoms with Gasteiger partial charge in [-0.3, -0.25) is 0 Å². The third-order valence-corrected chi connectivity index (χ3v) is 8.91.